The Bertz CT molecular complexity index is 1080. The topological polar surface area (TPSA) is 70.4 Å². The van der Waals surface area contributed by atoms with E-state index in [-0.39, 0.29) is 11.9 Å². The molecule has 2 fully saturated rings. The number of rotatable bonds is 5. The second kappa shape index (κ2) is 9.47. The fraction of sp³-hybridized carbons (Fsp3) is 0.520. The molecule has 2 aromatic heterocycles. The molecule has 4 heterocycles. The van der Waals surface area contributed by atoms with Crippen LogP contribution in [0.25, 0.3) is 11.0 Å². The largest absolute Gasteiger partial charge is 0.353 e. The average Bonchev–Trinajstić information content (AvgIpc) is 3.25. The quantitative estimate of drug-likeness (QED) is 0.598. The maximum absolute atomic E-state index is 13.2. The first-order chi connectivity index (χ1) is 16.1. The lowest BCUT2D eigenvalue weighted by molar-refractivity contribution is -0.138. The third-order valence-electron chi connectivity index (χ3n) is 7.32. The first kappa shape index (κ1) is 21.8. The SMILES string of the molecule is CC(C(=O)N1CCC(Cc2ccccc2)CC1)N1CCN(c2ncnc3c2cnn3C)CC1. The van der Waals surface area contributed by atoms with Crippen LogP contribution in [0.5, 0.6) is 0 Å². The van der Waals surface area contributed by atoms with Gasteiger partial charge in [-0.25, -0.2) is 9.97 Å². The van der Waals surface area contributed by atoms with Crippen LogP contribution < -0.4 is 4.90 Å². The van der Waals surface area contributed by atoms with Gasteiger partial charge in [0.1, 0.15) is 12.1 Å². The third-order valence-corrected chi connectivity index (χ3v) is 7.32. The monoisotopic (exact) mass is 447 g/mol. The minimum atomic E-state index is -0.0818. The second-order valence-corrected chi connectivity index (χ2v) is 9.36. The van der Waals surface area contributed by atoms with Gasteiger partial charge in [-0.2, -0.15) is 5.10 Å². The van der Waals surface area contributed by atoms with E-state index in [1.165, 1.54) is 5.56 Å². The summed E-state index contributed by atoms with van der Waals surface area (Å²) in [6.45, 7) is 7.21. The molecule has 0 spiro atoms. The van der Waals surface area contributed by atoms with Crippen LogP contribution in [0.2, 0.25) is 0 Å². The normalized spacial score (nSPS) is 19.2. The Balaban J connectivity index is 1.13. The van der Waals surface area contributed by atoms with Crippen LogP contribution in [0.15, 0.2) is 42.9 Å². The molecule has 1 atom stereocenters. The zero-order chi connectivity index (χ0) is 22.8. The van der Waals surface area contributed by atoms with Gasteiger partial charge in [0, 0.05) is 46.3 Å². The van der Waals surface area contributed by atoms with Crippen molar-refractivity contribution in [3.63, 3.8) is 0 Å². The molecule has 2 aliphatic heterocycles. The lowest BCUT2D eigenvalue weighted by atomic mass is 9.90. The Hall–Kier alpha value is -3.00. The molecule has 33 heavy (non-hydrogen) atoms. The van der Waals surface area contributed by atoms with Crippen molar-refractivity contribution >= 4 is 22.8 Å². The molecule has 0 saturated carbocycles. The number of aryl methyl sites for hydroxylation is 1. The summed E-state index contributed by atoms with van der Waals surface area (Å²) in [7, 11) is 1.90. The number of benzene rings is 1. The van der Waals surface area contributed by atoms with Crippen LogP contribution in [0.3, 0.4) is 0 Å². The zero-order valence-electron chi connectivity index (χ0n) is 19.6. The summed E-state index contributed by atoms with van der Waals surface area (Å²) in [6, 6.07) is 10.6. The average molecular weight is 448 g/mol. The number of carbonyl (C=O) groups is 1. The summed E-state index contributed by atoms with van der Waals surface area (Å²) in [4.78, 5) is 28.8. The highest BCUT2D eigenvalue weighted by atomic mass is 16.2. The number of piperazine rings is 1. The highest BCUT2D eigenvalue weighted by Gasteiger charge is 2.31. The zero-order valence-corrected chi connectivity index (χ0v) is 19.6. The van der Waals surface area contributed by atoms with Crippen molar-refractivity contribution in [2.45, 2.75) is 32.2 Å². The molecule has 174 valence electrons. The van der Waals surface area contributed by atoms with Gasteiger partial charge in [0.05, 0.1) is 17.6 Å². The number of aromatic nitrogens is 4. The summed E-state index contributed by atoms with van der Waals surface area (Å²) in [5.41, 5.74) is 2.25. The number of carbonyl (C=O) groups excluding carboxylic acids is 1. The molecule has 5 rings (SSSR count). The molecule has 2 aliphatic rings. The molecule has 1 aromatic carbocycles. The van der Waals surface area contributed by atoms with Crippen molar-refractivity contribution in [1.29, 1.82) is 0 Å². The van der Waals surface area contributed by atoms with E-state index in [0.717, 1.165) is 75.4 Å². The molecule has 0 bridgehead atoms. The van der Waals surface area contributed by atoms with Gasteiger partial charge in [0.15, 0.2) is 5.65 Å². The molecule has 2 saturated heterocycles. The predicted molar refractivity (Wildman–Crippen MR) is 129 cm³/mol. The van der Waals surface area contributed by atoms with Crippen LogP contribution in [0.4, 0.5) is 5.82 Å². The Kier molecular flexibility index (Phi) is 6.26. The minimum Gasteiger partial charge on any atom is -0.353 e. The second-order valence-electron chi connectivity index (χ2n) is 9.36. The van der Waals surface area contributed by atoms with Crippen LogP contribution >= 0.6 is 0 Å². The van der Waals surface area contributed by atoms with Crippen LogP contribution in [-0.4, -0.2) is 80.8 Å². The van der Waals surface area contributed by atoms with E-state index < -0.39 is 0 Å². The van der Waals surface area contributed by atoms with Gasteiger partial charge in [-0.05, 0) is 37.7 Å². The summed E-state index contributed by atoms with van der Waals surface area (Å²) in [6.07, 6.45) is 6.75. The first-order valence-corrected chi connectivity index (χ1v) is 12.0. The van der Waals surface area contributed by atoms with Gasteiger partial charge < -0.3 is 9.80 Å². The molecular weight excluding hydrogens is 414 g/mol. The molecule has 1 unspecified atom stereocenters. The fourth-order valence-corrected chi connectivity index (χ4v) is 5.25. The van der Waals surface area contributed by atoms with Gasteiger partial charge in [0.2, 0.25) is 5.91 Å². The van der Waals surface area contributed by atoms with Gasteiger partial charge in [-0.15, -0.1) is 0 Å². The maximum atomic E-state index is 13.2. The summed E-state index contributed by atoms with van der Waals surface area (Å²) >= 11 is 0. The lowest BCUT2D eigenvalue weighted by Gasteiger charge is -2.40. The van der Waals surface area contributed by atoms with Crippen molar-refractivity contribution in [2.75, 3.05) is 44.2 Å². The highest BCUT2D eigenvalue weighted by molar-refractivity contribution is 5.86. The summed E-state index contributed by atoms with van der Waals surface area (Å²) < 4.78 is 1.78. The van der Waals surface area contributed by atoms with Crippen LogP contribution in [-0.2, 0) is 18.3 Å². The molecule has 3 aromatic rings. The highest BCUT2D eigenvalue weighted by Crippen LogP contribution is 2.25. The Morgan fingerprint density at radius 1 is 1.03 bits per heavy atom. The number of hydrogen-bond donors (Lipinski definition) is 0. The molecule has 1 amide bonds. The Morgan fingerprint density at radius 3 is 2.48 bits per heavy atom. The van der Waals surface area contributed by atoms with Crippen LogP contribution in [0.1, 0.15) is 25.3 Å². The number of hydrogen-bond acceptors (Lipinski definition) is 6. The van der Waals surface area contributed by atoms with Crippen molar-refractivity contribution in [1.82, 2.24) is 29.5 Å². The van der Waals surface area contributed by atoms with Crippen molar-refractivity contribution in [3.8, 4) is 0 Å². The number of amides is 1. The van der Waals surface area contributed by atoms with E-state index >= 15 is 0 Å². The Morgan fingerprint density at radius 2 is 1.76 bits per heavy atom. The van der Waals surface area contributed by atoms with E-state index in [2.05, 4.69) is 67.0 Å². The number of fused-ring (bicyclic) bond motifs is 1. The van der Waals surface area contributed by atoms with E-state index in [1.807, 2.05) is 13.2 Å². The fourth-order valence-electron chi connectivity index (χ4n) is 5.25. The van der Waals surface area contributed by atoms with E-state index in [9.17, 15) is 4.79 Å². The number of piperidine rings is 1. The minimum absolute atomic E-state index is 0.0818. The molecule has 0 N–H and O–H groups in total. The van der Waals surface area contributed by atoms with Gasteiger partial charge in [-0.3, -0.25) is 14.4 Å². The smallest absolute Gasteiger partial charge is 0.239 e. The van der Waals surface area contributed by atoms with Crippen molar-refractivity contribution in [2.24, 2.45) is 13.0 Å². The molecular formula is C25H33N7O. The van der Waals surface area contributed by atoms with Gasteiger partial charge in [0.25, 0.3) is 0 Å². The molecule has 0 radical (unpaired) electrons. The van der Waals surface area contributed by atoms with E-state index in [1.54, 1.807) is 11.0 Å². The standard InChI is InChI=1S/C25H33N7O/c1-19(25(33)32-10-8-21(9-11-32)16-20-6-4-3-5-7-20)30-12-14-31(15-13-30)24-22-17-28-29(2)23(22)26-18-27-24/h3-7,17-19,21H,8-16H2,1-2H3. The van der Waals surface area contributed by atoms with E-state index in [4.69, 9.17) is 0 Å². The molecule has 0 aliphatic carbocycles. The van der Waals surface area contributed by atoms with Gasteiger partial charge >= 0.3 is 0 Å². The Labute approximate surface area is 195 Å². The van der Waals surface area contributed by atoms with Crippen LogP contribution in [0, 0.1) is 5.92 Å². The maximum Gasteiger partial charge on any atom is 0.239 e. The molecule has 8 heteroatoms. The number of nitrogens with zero attached hydrogens (tertiary/aromatic N) is 7. The van der Waals surface area contributed by atoms with E-state index in [0.29, 0.717) is 5.92 Å². The summed E-state index contributed by atoms with van der Waals surface area (Å²) in [5.74, 6) is 1.89. The van der Waals surface area contributed by atoms with Gasteiger partial charge in [-0.1, -0.05) is 30.3 Å². The van der Waals surface area contributed by atoms with Crippen molar-refractivity contribution < 1.29 is 4.79 Å². The number of anilines is 1. The third kappa shape index (κ3) is 4.57. The lowest BCUT2D eigenvalue weighted by Crippen LogP contribution is -2.55. The molecule has 8 nitrogen and oxygen atoms in total. The number of likely N-dealkylation sites (tertiary alicyclic amines) is 1. The van der Waals surface area contributed by atoms with Crippen molar-refractivity contribution in [3.05, 3.63) is 48.4 Å². The first-order valence-electron chi connectivity index (χ1n) is 12.0. The predicted octanol–water partition coefficient (Wildman–Crippen LogP) is 2.36. The summed E-state index contributed by atoms with van der Waals surface area (Å²) in [5, 5.41) is 5.31.